The lowest BCUT2D eigenvalue weighted by Gasteiger charge is -2.12. The molecule has 0 rings (SSSR count). The van der Waals surface area contributed by atoms with Crippen LogP contribution in [-0.2, 0) is 9.53 Å². The Bertz CT molecular complexity index is 184. The Kier molecular flexibility index (Phi) is 9.67. The number of hydrogen-bond acceptors (Lipinski definition) is 4. The molecule has 0 aromatic heterocycles. The Balaban J connectivity index is 3.43. The maximum absolute atomic E-state index is 11.3. The van der Waals surface area contributed by atoms with Gasteiger partial charge in [0, 0.05) is 31.7 Å². The van der Waals surface area contributed by atoms with E-state index in [1.54, 1.807) is 18.9 Å². The Morgan fingerprint density at radius 2 is 2.47 bits per heavy atom. The van der Waals surface area contributed by atoms with E-state index in [4.69, 9.17) is 10.5 Å². The summed E-state index contributed by atoms with van der Waals surface area (Å²) < 4.78 is 5.01. The summed E-state index contributed by atoms with van der Waals surface area (Å²) in [5.74, 6) is 1.81. The summed E-state index contributed by atoms with van der Waals surface area (Å²) in [4.78, 5) is 11.3. The van der Waals surface area contributed by atoms with Crippen LogP contribution < -0.4 is 11.1 Å². The van der Waals surface area contributed by atoms with Crippen LogP contribution in [-0.4, -0.2) is 43.7 Å². The highest BCUT2D eigenvalue weighted by atomic mass is 32.2. The van der Waals surface area contributed by atoms with E-state index in [-0.39, 0.29) is 12.0 Å². The lowest BCUT2D eigenvalue weighted by Crippen LogP contribution is -2.33. The predicted molar refractivity (Wildman–Crippen MR) is 65.0 cm³/mol. The first-order valence-electron chi connectivity index (χ1n) is 4.92. The number of nitrogens with two attached hydrogens (primary N) is 1. The normalized spacial score (nSPS) is 12.1. The molecule has 4 nitrogen and oxygen atoms in total. The second-order valence-corrected chi connectivity index (χ2v) is 4.16. The molecule has 1 atom stereocenters. The molecule has 0 radical (unpaired) electrons. The van der Waals surface area contributed by atoms with Gasteiger partial charge in [0.2, 0.25) is 5.91 Å². The van der Waals surface area contributed by atoms with Gasteiger partial charge in [-0.05, 0) is 0 Å². The smallest absolute Gasteiger partial charge is 0.222 e. The quantitative estimate of drug-likeness (QED) is 0.446. The van der Waals surface area contributed by atoms with Crippen molar-refractivity contribution in [3.63, 3.8) is 0 Å². The molecule has 0 aromatic rings. The topological polar surface area (TPSA) is 64.4 Å². The van der Waals surface area contributed by atoms with E-state index in [2.05, 4.69) is 11.9 Å². The van der Waals surface area contributed by atoms with Gasteiger partial charge in [-0.25, -0.2) is 0 Å². The standard InChI is InChI=1S/C10H20N2O2S/c1-3-5-15-6-4-12-10(13)7-9(8-11)14-2/h3,9H,1,4-8,11H2,2H3,(H,12,13). The lowest BCUT2D eigenvalue weighted by atomic mass is 10.2. The average Bonchev–Trinajstić information content (AvgIpc) is 2.25. The summed E-state index contributed by atoms with van der Waals surface area (Å²) in [7, 11) is 1.56. The molecule has 0 saturated heterocycles. The highest BCUT2D eigenvalue weighted by molar-refractivity contribution is 7.99. The Hall–Kier alpha value is -0.520. The molecule has 0 fully saturated rings. The van der Waals surface area contributed by atoms with Gasteiger partial charge in [0.05, 0.1) is 12.5 Å². The van der Waals surface area contributed by atoms with Gasteiger partial charge in [-0.1, -0.05) is 6.08 Å². The van der Waals surface area contributed by atoms with E-state index in [9.17, 15) is 4.79 Å². The number of carbonyl (C=O) groups excluding carboxylic acids is 1. The van der Waals surface area contributed by atoms with Crippen LogP contribution in [0.4, 0.5) is 0 Å². The Morgan fingerprint density at radius 3 is 3.00 bits per heavy atom. The molecule has 5 heteroatoms. The SMILES string of the molecule is C=CCSCCNC(=O)CC(CN)OC. The highest BCUT2D eigenvalue weighted by Crippen LogP contribution is 1.98. The number of ether oxygens (including phenoxy) is 1. The van der Waals surface area contributed by atoms with Crippen molar-refractivity contribution in [1.82, 2.24) is 5.32 Å². The number of methoxy groups -OCH3 is 1. The molecule has 0 bridgehead atoms. The van der Waals surface area contributed by atoms with Crippen molar-refractivity contribution >= 4 is 17.7 Å². The van der Waals surface area contributed by atoms with Crippen molar-refractivity contribution in [3.05, 3.63) is 12.7 Å². The van der Waals surface area contributed by atoms with E-state index in [1.807, 2.05) is 6.08 Å². The molecule has 88 valence electrons. The van der Waals surface area contributed by atoms with E-state index in [0.29, 0.717) is 19.5 Å². The number of rotatable bonds is 9. The molecule has 0 heterocycles. The summed E-state index contributed by atoms with van der Waals surface area (Å²) in [5.41, 5.74) is 5.41. The minimum atomic E-state index is -0.175. The minimum absolute atomic E-state index is 0.00787. The molecule has 1 unspecified atom stereocenters. The second kappa shape index (κ2) is 10.0. The van der Waals surface area contributed by atoms with Gasteiger partial charge in [-0.3, -0.25) is 4.79 Å². The van der Waals surface area contributed by atoms with Crippen molar-refractivity contribution in [2.24, 2.45) is 5.73 Å². The van der Waals surface area contributed by atoms with Crippen LogP contribution in [0, 0.1) is 0 Å². The number of carbonyl (C=O) groups is 1. The molecular weight excluding hydrogens is 212 g/mol. The largest absolute Gasteiger partial charge is 0.380 e. The fourth-order valence-corrected chi connectivity index (χ4v) is 1.55. The van der Waals surface area contributed by atoms with Crippen LogP contribution >= 0.6 is 11.8 Å². The molecule has 0 aliphatic rings. The monoisotopic (exact) mass is 232 g/mol. The maximum atomic E-state index is 11.3. The summed E-state index contributed by atoms with van der Waals surface area (Å²) in [6.45, 7) is 4.67. The molecule has 0 saturated carbocycles. The summed E-state index contributed by atoms with van der Waals surface area (Å²) in [5, 5.41) is 2.81. The third kappa shape index (κ3) is 8.47. The van der Waals surface area contributed by atoms with Crippen LogP contribution in [0.5, 0.6) is 0 Å². The Morgan fingerprint density at radius 1 is 1.73 bits per heavy atom. The fraction of sp³-hybridized carbons (Fsp3) is 0.700. The molecule has 0 aliphatic heterocycles. The third-order valence-electron chi connectivity index (χ3n) is 1.81. The van der Waals surface area contributed by atoms with Crippen LogP contribution in [0.1, 0.15) is 6.42 Å². The van der Waals surface area contributed by atoms with Gasteiger partial charge >= 0.3 is 0 Å². The van der Waals surface area contributed by atoms with Crippen molar-refractivity contribution in [2.45, 2.75) is 12.5 Å². The van der Waals surface area contributed by atoms with Crippen molar-refractivity contribution < 1.29 is 9.53 Å². The fourth-order valence-electron chi connectivity index (χ4n) is 0.971. The highest BCUT2D eigenvalue weighted by Gasteiger charge is 2.10. The van der Waals surface area contributed by atoms with Gasteiger partial charge in [0.15, 0.2) is 0 Å². The zero-order valence-corrected chi connectivity index (χ0v) is 10.0. The van der Waals surface area contributed by atoms with Crippen LogP contribution in [0.3, 0.4) is 0 Å². The van der Waals surface area contributed by atoms with E-state index in [1.165, 1.54) is 0 Å². The lowest BCUT2D eigenvalue weighted by molar-refractivity contribution is -0.123. The first-order chi connectivity index (χ1) is 7.24. The Labute approximate surface area is 95.6 Å². The van der Waals surface area contributed by atoms with Crippen molar-refractivity contribution in [3.8, 4) is 0 Å². The van der Waals surface area contributed by atoms with E-state index >= 15 is 0 Å². The van der Waals surface area contributed by atoms with Crippen molar-refractivity contribution in [1.29, 1.82) is 0 Å². The molecule has 3 N–H and O–H groups in total. The van der Waals surface area contributed by atoms with Gasteiger partial charge < -0.3 is 15.8 Å². The molecular formula is C10H20N2O2S. The van der Waals surface area contributed by atoms with Crippen LogP contribution in [0.2, 0.25) is 0 Å². The number of hydrogen-bond donors (Lipinski definition) is 2. The first-order valence-corrected chi connectivity index (χ1v) is 6.08. The summed E-state index contributed by atoms with van der Waals surface area (Å²) in [6.07, 6.45) is 2.01. The summed E-state index contributed by atoms with van der Waals surface area (Å²) in [6, 6.07) is 0. The van der Waals surface area contributed by atoms with Gasteiger partial charge in [-0.15, -0.1) is 6.58 Å². The number of thioether (sulfide) groups is 1. The van der Waals surface area contributed by atoms with Crippen LogP contribution in [0.15, 0.2) is 12.7 Å². The van der Waals surface area contributed by atoms with Gasteiger partial charge in [0.1, 0.15) is 0 Å². The van der Waals surface area contributed by atoms with Gasteiger partial charge in [0.25, 0.3) is 0 Å². The second-order valence-electron chi connectivity index (χ2n) is 3.01. The zero-order valence-electron chi connectivity index (χ0n) is 9.20. The van der Waals surface area contributed by atoms with E-state index in [0.717, 1.165) is 11.5 Å². The first kappa shape index (κ1) is 14.5. The zero-order chi connectivity index (χ0) is 11.5. The summed E-state index contributed by atoms with van der Waals surface area (Å²) >= 11 is 1.74. The minimum Gasteiger partial charge on any atom is -0.380 e. The van der Waals surface area contributed by atoms with Crippen LogP contribution in [0.25, 0.3) is 0 Å². The predicted octanol–water partition coefficient (Wildman–Crippen LogP) is 0.386. The molecule has 0 aliphatic carbocycles. The van der Waals surface area contributed by atoms with Gasteiger partial charge in [-0.2, -0.15) is 11.8 Å². The number of nitrogens with one attached hydrogen (secondary N) is 1. The maximum Gasteiger partial charge on any atom is 0.222 e. The van der Waals surface area contributed by atoms with Crippen molar-refractivity contribution in [2.75, 3.05) is 31.7 Å². The molecule has 0 aromatic carbocycles. The van der Waals surface area contributed by atoms with E-state index < -0.39 is 0 Å². The molecule has 1 amide bonds. The molecule has 0 spiro atoms. The molecule has 15 heavy (non-hydrogen) atoms. The average molecular weight is 232 g/mol. The number of amides is 1. The third-order valence-corrected chi connectivity index (χ3v) is 2.78.